The summed E-state index contributed by atoms with van der Waals surface area (Å²) < 4.78 is 26.3. The van der Waals surface area contributed by atoms with Crippen LogP contribution in [0.25, 0.3) is 0 Å². The number of nitrogens with one attached hydrogen (secondary N) is 2. The molecule has 17 heavy (non-hydrogen) atoms. The van der Waals surface area contributed by atoms with E-state index in [1.165, 1.54) is 19.1 Å². The Kier molecular flexibility index (Phi) is 4.84. The number of hydrogen-bond acceptors (Lipinski definition) is 2. The monoisotopic (exact) mass is 244 g/mol. The summed E-state index contributed by atoms with van der Waals surface area (Å²) in [5.41, 5.74) is 0.0733. The number of carbonyl (C=O) groups is 1. The van der Waals surface area contributed by atoms with Gasteiger partial charge < -0.3 is 15.7 Å². The van der Waals surface area contributed by atoms with Gasteiger partial charge in [-0.2, -0.15) is 0 Å². The molecule has 0 aromatic heterocycles. The van der Waals surface area contributed by atoms with Gasteiger partial charge in [0.15, 0.2) is 11.6 Å². The maximum absolute atomic E-state index is 13.4. The average molecular weight is 244 g/mol. The van der Waals surface area contributed by atoms with Crippen molar-refractivity contribution in [1.29, 1.82) is 0 Å². The zero-order chi connectivity index (χ0) is 12.8. The predicted molar refractivity (Wildman–Crippen MR) is 58.4 cm³/mol. The topological polar surface area (TPSA) is 61.4 Å². The summed E-state index contributed by atoms with van der Waals surface area (Å²) in [7, 11) is 0. The van der Waals surface area contributed by atoms with Gasteiger partial charge in [-0.3, -0.25) is 0 Å². The standard InChI is InChI=1S/C11H14F2N2O2/c1-7(15-11(17)14-5-6-16)8-3-2-4-9(12)10(8)13/h2-4,7,16H,5-6H2,1H3,(H2,14,15,17). The van der Waals surface area contributed by atoms with Crippen LogP contribution < -0.4 is 10.6 Å². The molecule has 0 spiro atoms. The molecular weight excluding hydrogens is 230 g/mol. The molecule has 1 rings (SSSR count). The van der Waals surface area contributed by atoms with E-state index in [1.807, 2.05) is 0 Å². The molecule has 4 nitrogen and oxygen atoms in total. The fourth-order valence-corrected chi connectivity index (χ4v) is 1.35. The molecule has 0 aliphatic rings. The maximum atomic E-state index is 13.4. The molecule has 0 heterocycles. The summed E-state index contributed by atoms with van der Waals surface area (Å²) in [5.74, 6) is -1.92. The molecular formula is C11H14F2N2O2. The van der Waals surface area contributed by atoms with Gasteiger partial charge in [-0.05, 0) is 13.0 Å². The van der Waals surface area contributed by atoms with E-state index in [0.29, 0.717) is 0 Å². The van der Waals surface area contributed by atoms with E-state index in [1.54, 1.807) is 0 Å². The fraction of sp³-hybridized carbons (Fsp3) is 0.364. The molecule has 0 aliphatic carbocycles. The molecule has 1 atom stereocenters. The molecule has 0 fully saturated rings. The quantitative estimate of drug-likeness (QED) is 0.748. The lowest BCUT2D eigenvalue weighted by atomic mass is 10.1. The van der Waals surface area contributed by atoms with Crippen LogP contribution in [0.5, 0.6) is 0 Å². The first-order valence-corrected chi connectivity index (χ1v) is 5.15. The number of aliphatic hydroxyl groups excluding tert-OH is 1. The summed E-state index contributed by atoms with van der Waals surface area (Å²) in [6.45, 7) is 1.46. The third kappa shape index (κ3) is 3.67. The first-order valence-electron chi connectivity index (χ1n) is 5.15. The van der Waals surface area contributed by atoms with Gasteiger partial charge in [0, 0.05) is 12.1 Å². The molecule has 1 unspecified atom stereocenters. The minimum absolute atomic E-state index is 0.0733. The van der Waals surface area contributed by atoms with E-state index in [2.05, 4.69) is 10.6 Å². The number of amides is 2. The highest BCUT2D eigenvalue weighted by atomic mass is 19.2. The van der Waals surface area contributed by atoms with Crippen LogP contribution in [-0.2, 0) is 0 Å². The third-order valence-corrected chi connectivity index (χ3v) is 2.19. The highest BCUT2D eigenvalue weighted by molar-refractivity contribution is 5.74. The van der Waals surface area contributed by atoms with Crippen LogP contribution in [0.4, 0.5) is 13.6 Å². The molecule has 3 N–H and O–H groups in total. The van der Waals surface area contributed by atoms with Crippen molar-refractivity contribution in [3.8, 4) is 0 Å². The molecule has 0 saturated heterocycles. The van der Waals surface area contributed by atoms with Crippen molar-refractivity contribution in [2.45, 2.75) is 13.0 Å². The lowest BCUT2D eigenvalue weighted by molar-refractivity contribution is 0.231. The van der Waals surface area contributed by atoms with E-state index in [-0.39, 0.29) is 18.7 Å². The van der Waals surface area contributed by atoms with Crippen molar-refractivity contribution in [3.63, 3.8) is 0 Å². The molecule has 2 amide bonds. The van der Waals surface area contributed by atoms with Gasteiger partial charge in [0.1, 0.15) is 0 Å². The van der Waals surface area contributed by atoms with Gasteiger partial charge in [-0.25, -0.2) is 13.6 Å². The Morgan fingerprint density at radius 3 is 2.82 bits per heavy atom. The van der Waals surface area contributed by atoms with E-state index in [0.717, 1.165) is 6.07 Å². The van der Waals surface area contributed by atoms with Gasteiger partial charge in [-0.15, -0.1) is 0 Å². The van der Waals surface area contributed by atoms with Gasteiger partial charge in [0.2, 0.25) is 0 Å². The molecule has 1 aromatic rings. The Bertz CT molecular complexity index is 399. The number of carbonyl (C=O) groups excluding carboxylic acids is 1. The van der Waals surface area contributed by atoms with E-state index in [9.17, 15) is 13.6 Å². The Morgan fingerprint density at radius 2 is 2.18 bits per heavy atom. The van der Waals surface area contributed by atoms with Crippen molar-refractivity contribution in [3.05, 3.63) is 35.4 Å². The van der Waals surface area contributed by atoms with E-state index < -0.39 is 23.7 Å². The van der Waals surface area contributed by atoms with Crippen molar-refractivity contribution in [1.82, 2.24) is 10.6 Å². The van der Waals surface area contributed by atoms with Crippen molar-refractivity contribution >= 4 is 6.03 Å². The summed E-state index contributed by atoms with van der Waals surface area (Å²) in [4.78, 5) is 11.2. The van der Waals surface area contributed by atoms with Crippen molar-refractivity contribution in [2.75, 3.05) is 13.2 Å². The molecule has 0 bridgehead atoms. The Labute approximate surface area is 97.6 Å². The summed E-state index contributed by atoms with van der Waals surface area (Å²) >= 11 is 0. The number of urea groups is 1. The van der Waals surface area contributed by atoms with E-state index in [4.69, 9.17) is 5.11 Å². The average Bonchev–Trinajstić information content (AvgIpc) is 2.29. The fourth-order valence-electron chi connectivity index (χ4n) is 1.35. The third-order valence-electron chi connectivity index (χ3n) is 2.19. The van der Waals surface area contributed by atoms with Crippen molar-refractivity contribution < 1.29 is 18.7 Å². The zero-order valence-corrected chi connectivity index (χ0v) is 9.34. The lowest BCUT2D eigenvalue weighted by Gasteiger charge is -2.15. The first kappa shape index (κ1) is 13.4. The largest absolute Gasteiger partial charge is 0.395 e. The summed E-state index contributed by atoms with van der Waals surface area (Å²) in [6, 6.07) is 2.57. The lowest BCUT2D eigenvalue weighted by Crippen LogP contribution is -2.38. The number of rotatable bonds is 4. The second-order valence-corrected chi connectivity index (χ2v) is 3.49. The summed E-state index contributed by atoms with van der Waals surface area (Å²) in [6.07, 6.45) is 0. The Morgan fingerprint density at radius 1 is 1.47 bits per heavy atom. The predicted octanol–water partition coefficient (Wildman–Crippen LogP) is 1.32. The molecule has 1 aromatic carbocycles. The second kappa shape index (κ2) is 6.15. The molecule has 0 radical (unpaired) electrons. The Hall–Kier alpha value is -1.69. The van der Waals surface area contributed by atoms with Gasteiger partial charge in [-0.1, -0.05) is 12.1 Å². The van der Waals surface area contributed by atoms with Crippen molar-refractivity contribution in [2.24, 2.45) is 0 Å². The van der Waals surface area contributed by atoms with Crippen LogP contribution in [0.1, 0.15) is 18.5 Å². The number of aliphatic hydroxyl groups is 1. The second-order valence-electron chi connectivity index (χ2n) is 3.49. The Balaban J connectivity index is 2.66. The highest BCUT2D eigenvalue weighted by Gasteiger charge is 2.15. The smallest absolute Gasteiger partial charge is 0.315 e. The van der Waals surface area contributed by atoms with Gasteiger partial charge in [0.25, 0.3) is 0 Å². The number of halogens is 2. The number of hydrogen-bond donors (Lipinski definition) is 3. The van der Waals surface area contributed by atoms with Crippen LogP contribution in [0, 0.1) is 11.6 Å². The van der Waals surface area contributed by atoms with Gasteiger partial charge >= 0.3 is 6.03 Å². The normalized spacial score (nSPS) is 12.0. The van der Waals surface area contributed by atoms with E-state index >= 15 is 0 Å². The number of benzene rings is 1. The maximum Gasteiger partial charge on any atom is 0.315 e. The highest BCUT2D eigenvalue weighted by Crippen LogP contribution is 2.18. The molecule has 0 aliphatic heterocycles. The first-order chi connectivity index (χ1) is 8.06. The minimum Gasteiger partial charge on any atom is -0.395 e. The molecule has 0 saturated carbocycles. The van der Waals surface area contributed by atoms with Gasteiger partial charge in [0.05, 0.1) is 12.6 Å². The summed E-state index contributed by atoms with van der Waals surface area (Å²) in [5, 5.41) is 13.3. The van der Waals surface area contributed by atoms with Crippen LogP contribution in [0.3, 0.4) is 0 Å². The van der Waals surface area contributed by atoms with Crippen LogP contribution in [0.15, 0.2) is 18.2 Å². The molecule has 94 valence electrons. The zero-order valence-electron chi connectivity index (χ0n) is 9.34. The van der Waals surface area contributed by atoms with Crippen LogP contribution in [-0.4, -0.2) is 24.3 Å². The van der Waals surface area contributed by atoms with Crippen LogP contribution in [0.2, 0.25) is 0 Å². The molecule has 6 heteroatoms. The SMILES string of the molecule is CC(NC(=O)NCCO)c1cccc(F)c1F. The minimum atomic E-state index is -0.970. The van der Waals surface area contributed by atoms with Crippen LogP contribution >= 0.6 is 0 Å².